The van der Waals surface area contributed by atoms with Crippen molar-refractivity contribution >= 4 is 11.6 Å². The van der Waals surface area contributed by atoms with Gasteiger partial charge in [-0.05, 0) is 13.8 Å². The molecule has 9 heteroatoms. The fraction of sp³-hybridized carbons (Fsp3) is 0.412. The van der Waals surface area contributed by atoms with E-state index in [9.17, 15) is 4.79 Å². The number of hydrogen-bond donors (Lipinski definition) is 1. The van der Waals surface area contributed by atoms with Crippen molar-refractivity contribution in [3.63, 3.8) is 0 Å². The zero-order valence-electron chi connectivity index (χ0n) is 14.6. The molecule has 9 nitrogen and oxygen atoms in total. The zero-order chi connectivity index (χ0) is 18.1. The second-order valence-electron chi connectivity index (χ2n) is 6.19. The second kappa shape index (κ2) is 6.75. The maximum Gasteiger partial charge on any atom is 0.274 e. The molecule has 1 saturated heterocycles. The van der Waals surface area contributed by atoms with E-state index in [1.807, 2.05) is 26.2 Å². The summed E-state index contributed by atoms with van der Waals surface area (Å²) in [7, 11) is 0. The molecule has 1 aliphatic heterocycles. The highest BCUT2D eigenvalue weighted by atomic mass is 16.5. The minimum atomic E-state index is -0.297. The topological polar surface area (TPSA) is 95.6 Å². The van der Waals surface area contributed by atoms with E-state index >= 15 is 0 Å². The first-order valence-corrected chi connectivity index (χ1v) is 8.52. The zero-order valence-corrected chi connectivity index (χ0v) is 14.6. The highest BCUT2D eigenvalue weighted by Crippen LogP contribution is 2.17. The van der Waals surface area contributed by atoms with Crippen LogP contribution < -0.4 is 10.1 Å². The van der Waals surface area contributed by atoms with Crippen molar-refractivity contribution in [3.05, 3.63) is 42.4 Å². The molecule has 4 rings (SSSR count). The van der Waals surface area contributed by atoms with Crippen LogP contribution in [0.2, 0.25) is 0 Å². The first kappa shape index (κ1) is 16.5. The van der Waals surface area contributed by atoms with E-state index in [1.54, 1.807) is 27.7 Å². The van der Waals surface area contributed by atoms with E-state index in [0.29, 0.717) is 24.6 Å². The van der Waals surface area contributed by atoms with Crippen LogP contribution in [0.5, 0.6) is 5.75 Å². The molecule has 0 saturated carbocycles. The SMILES string of the molecule is CCn1cc(O[C@@H]2COC[C@@H]2NC(=O)c2nccn3cc(C)nc23)cn1. The summed E-state index contributed by atoms with van der Waals surface area (Å²) in [6, 6.07) is -0.273. The van der Waals surface area contributed by atoms with Gasteiger partial charge in [-0.15, -0.1) is 0 Å². The number of carbonyl (C=O) groups excluding carboxylic acids is 1. The number of hydrogen-bond acceptors (Lipinski definition) is 6. The molecule has 4 heterocycles. The Morgan fingerprint density at radius 2 is 2.31 bits per heavy atom. The van der Waals surface area contributed by atoms with Crippen LogP contribution in [-0.2, 0) is 11.3 Å². The van der Waals surface area contributed by atoms with Crippen LogP contribution in [0.15, 0.2) is 31.0 Å². The largest absolute Gasteiger partial charge is 0.482 e. The molecule has 1 fully saturated rings. The van der Waals surface area contributed by atoms with Crippen LogP contribution >= 0.6 is 0 Å². The number of rotatable bonds is 5. The lowest BCUT2D eigenvalue weighted by molar-refractivity contribution is 0.0900. The van der Waals surface area contributed by atoms with E-state index < -0.39 is 0 Å². The number of ether oxygens (including phenoxy) is 2. The Labute approximate surface area is 150 Å². The molecule has 0 aliphatic carbocycles. The molecule has 1 aliphatic rings. The predicted molar refractivity (Wildman–Crippen MR) is 92.1 cm³/mol. The predicted octanol–water partition coefficient (Wildman–Crippen LogP) is 0.830. The van der Waals surface area contributed by atoms with Crippen molar-refractivity contribution in [2.24, 2.45) is 0 Å². The molecule has 3 aromatic rings. The molecule has 0 bridgehead atoms. The molecular formula is C17H20N6O3. The van der Waals surface area contributed by atoms with Crippen molar-refractivity contribution < 1.29 is 14.3 Å². The van der Waals surface area contributed by atoms with Crippen LogP contribution in [0.1, 0.15) is 23.1 Å². The van der Waals surface area contributed by atoms with Gasteiger partial charge in [0.05, 0.1) is 37.3 Å². The van der Waals surface area contributed by atoms with Crippen LogP contribution in [-0.4, -0.2) is 55.4 Å². The number of fused-ring (bicyclic) bond motifs is 1. The van der Waals surface area contributed by atoms with Crippen molar-refractivity contribution in [1.29, 1.82) is 0 Å². The van der Waals surface area contributed by atoms with Gasteiger partial charge in [-0.2, -0.15) is 5.10 Å². The van der Waals surface area contributed by atoms with Gasteiger partial charge in [0.15, 0.2) is 17.1 Å². The summed E-state index contributed by atoms with van der Waals surface area (Å²) < 4.78 is 15.0. The van der Waals surface area contributed by atoms with E-state index in [1.165, 1.54) is 0 Å². The molecule has 136 valence electrons. The first-order valence-electron chi connectivity index (χ1n) is 8.52. The molecule has 1 amide bonds. The number of carbonyl (C=O) groups is 1. The van der Waals surface area contributed by atoms with Gasteiger partial charge in [-0.3, -0.25) is 9.48 Å². The molecule has 3 aromatic heterocycles. The van der Waals surface area contributed by atoms with Crippen molar-refractivity contribution in [2.75, 3.05) is 13.2 Å². The molecule has 2 atom stereocenters. The number of aromatic nitrogens is 5. The van der Waals surface area contributed by atoms with Gasteiger partial charge >= 0.3 is 0 Å². The quantitative estimate of drug-likeness (QED) is 0.727. The van der Waals surface area contributed by atoms with Crippen LogP contribution in [0.4, 0.5) is 0 Å². The number of imidazole rings is 1. The van der Waals surface area contributed by atoms with E-state index in [0.717, 1.165) is 12.2 Å². The monoisotopic (exact) mass is 356 g/mol. The highest BCUT2D eigenvalue weighted by Gasteiger charge is 2.32. The maximum atomic E-state index is 12.7. The van der Waals surface area contributed by atoms with E-state index in [-0.39, 0.29) is 23.7 Å². The van der Waals surface area contributed by atoms with E-state index in [2.05, 4.69) is 20.4 Å². The van der Waals surface area contributed by atoms with Gasteiger partial charge in [0.1, 0.15) is 6.10 Å². The smallest absolute Gasteiger partial charge is 0.274 e. The average molecular weight is 356 g/mol. The Balaban J connectivity index is 1.49. The van der Waals surface area contributed by atoms with Crippen molar-refractivity contribution in [1.82, 2.24) is 29.5 Å². The third-order valence-corrected chi connectivity index (χ3v) is 4.28. The lowest BCUT2D eigenvalue weighted by Gasteiger charge is -2.19. The standard InChI is InChI=1S/C17H20N6O3/c1-3-23-8-12(6-19-23)26-14-10-25-9-13(14)21-17(24)15-16-20-11(2)7-22(16)5-4-18-15/h4-8,13-14H,3,9-10H2,1-2H3,(H,21,24)/t13-,14+/m0/s1. The lowest BCUT2D eigenvalue weighted by Crippen LogP contribution is -2.45. The van der Waals surface area contributed by atoms with Crippen molar-refractivity contribution in [3.8, 4) is 5.75 Å². The molecule has 0 aromatic carbocycles. The Bertz CT molecular complexity index is 934. The minimum absolute atomic E-state index is 0.273. The summed E-state index contributed by atoms with van der Waals surface area (Å²) in [5.41, 5.74) is 1.64. The Morgan fingerprint density at radius 1 is 1.42 bits per heavy atom. The molecule has 0 radical (unpaired) electrons. The molecular weight excluding hydrogens is 336 g/mol. The summed E-state index contributed by atoms with van der Waals surface area (Å²) in [4.78, 5) is 21.3. The van der Waals surface area contributed by atoms with Gasteiger partial charge < -0.3 is 19.2 Å². The van der Waals surface area contributed by atoms with Gasteiger partial charge in [0.25, 0.3) is 5.91 Å². The van der Waals surface area contributed by atoms with Crippen LogP contribution in [0.3, 0.4) is 0 Å². The normalized spacial score (nSPS) is 19.8. The maximum absolute atomic E-state index is 12.7. The summed E-state index contributed by atoms with van der Waals surface area (Å²) in [6.45, 7) is 5.44. The minimum Gasteiger partial charge on any atom is -0.482 e. The third-order valence-electron chi connectivity index (χ3n) is 4.28. The van der Waals surface area contributed by atoms with Gasteiger partial charge in [-0.1, -0.05) is 0 Å². The molecule has 1 N–H and O–H groups in total. The fourth-order valence-electron chi connectivity index (χ4n) is 2.98. The first-order chi connectivity index (χ1) is 12.6. The number of aryl methyl sites for hydroxylation is 2. The number of nitrogens with one attached hydrogen (secondary N) is 1. The Hall–Kier alpha value is -2.94. The summed E-state index contributed by atoms with van der Waals surface area (Å²) in [6.07, 6.45) is 8.41. The number of amides is 1. The fourth-order valence-corrected chi connectivity index (χ4v) is 2.98. The summed E-state index contributed by atoms with van der Waals surface area (Å²) >= 11 is 0. The lowest BCUT2D eigenvalue weighted by atomic mass is 10.2. The number of nitrogens with zero attached hydrogens (tertiary/aromatic N) is 5. The van der Waals surface area contributed by atoms with Gasteiger partial charge in [0, 0.05) is 25.1 Å². The molecule has 0 unspecified atom stereocenters. The third kappa shape index (κ3) is 3.13. The highest BCUT2D eigenvalue weighted by molar-refractivity contribution is 5.98. The average Bonchev–Trinajstić information content (AvgIpc) is 3.34. The second-order valence-corrected chi connectivity index (χ2v) is 6.19. The van der Waals surface area contributed by atoms with Gasteiger partial charge in [0.2, 0.25) is 0 Å². The molecule has 26 heavy (non-hydrogen) atoms. The van der Waals surface area contributed by atoms with Crippen molar-refractivity contribution in [2.45, 2.75) is 32.5 Å². The Kier molecular flexibility index (Phi) is 4.29. The van der Waals surface area contributed by atoms with Crippen LogP contribution in [0.25, 0.3) is 5.65 Å². The summed E-state index contributed by atoms with van der Waals surface area (Å²) in [5, 5.41) is 7.14. The van der Waals surface area contributed by atoms with E-state index in [4.69, 9.17) is 9.47 Å². The van der Waals surface area contributed by atoms with Crippen LogP contribution in [0, 0.1) is 6.92 Å². The summed E-state index contributed by atoms with van der Waals surface area (Å²) in [5.74, 6) is 0.361. The Morgan fingerprint density at radius 3 is 3.12 bits per heavy atom. The molecule has 0 spiro atoms. The van der Waals surface area contributed by atoms with Gasteiger partial charge in [-0.25, -0.2) is 9.97 Å².